The highest BCUT2D eigenvalue weighted by atomic mass is 35.5. The Bertz CT molecular complexity index is 900. The van der Waals surface area contributed by atoms with E-state index >= 15 is 0 Å². The first kappa shape index (κ1) is 22.6. The van der Waals surface area contributed by atoms with Gasteiger partial charge < -0.3 is 14.4 Å². The Kier molecular flexibility index (Phi) is 7.40. The Morgan fingerprint density at radius 2 is 1.80 bits per heavy atom. The monoisotopic (exact) mass is 449 g/mol. The molecular weight excluding hydrogens is 425 g/mol. The first-order valence-electron chi connectivity index (χ1n) is 9.83. The lowest BCUT2D eigenvalue weighted by molar-refractivity contribution is -0.180. The van der Waals surface area contributed by atoms with Crippen molar-refractivity contribution in [2.45, 2.75) is 38.5 Å². The smallest absolute Gasteiger partial charge is 0.308 e. The molecule has 0 saturated carbocycles. The average molecular weight is 450 g/mol. The minimum atomic E-state index is -0.927. The first-order chi connectivity index (χ1) is 14.3. The molecule has 2 aromatic rings. The molecule has 2 aromatic carbocycles. The molecule has 0 aliphatic carbocycles. The highest BCUT2D eigenvalue weighted by Gasteiger charge is 2.45. The van der Waals surface area contributed by atoms with Crippen LogP contribution in [-0.4, -0.2) is 36.5 Å². The summed E-state index contributed by atoms with van der Waals surface area (Å²) >= 11 is 12.3. The third-order valence-corrected chi connectivity index (χ3v) is 5.51. The Labute approximate surface area is 186 Å². The molecule has 3 atom stereocenters. The first-order valence-corrected chi connectivity index (χ1v) is 10.6. The Morgan fingerprint density at radius 3 is 2.40 bits per heavy atom. The topological polar surface area (TPSA) is 55.8 Å². The number of carbonyl (C=O) groups excluding carboxylic acids is 2. The van der Waals surface area contributed by atoms with E-state index in [0.717, 1.165) is 11.1 Å². The lowest BCUT2D eigenvalue weighted by Crippen LogP contribution is -2.52. The van der Waals surface area contributed by atoms with E-state index in [1.165, 1.54) is 7.11 Å². The van der Waals surface area contributed by atoms with Crippen LogP contribution in [0.25, 0.3) is 0 Å². The van der Waals surface area contributed by atoms with E-state index in [1.54, 1.807) is 23.1 Å². The summed E-state index contributed by atoms with van der Waals surface area (Å²) < 4.78 is 11.0. The summed E-state index contributed by atoms with van der Waals surface area (Å²) in [5.74, 6) is -0.499. The van der Waals surface area contributed by atoms with E-state index in [-0.39, 0.29) is 24.3 Å². The number of methoxy groups -OCH3 is 1. The molecule has 1 heterocycles. The van der Waals surface area contributed by atoms with Gasteiger partial charge in [0.05, 0.1) is 19.6 Å². The number of benzene rings is 2. The van der Waals surface area contributed by atoms with Gasteiger partial charge in [-0.25, -0.2) is 0 Å². The van der Waals surface area contributed by atoms with Crippen LogP contribution in [0.5, 0.6) is 0 Å². The molecule has 160 valence electrons. The molecule has 1 aliphatic heterocycles. The van der Waals surface area contributed by atoms with Crippen molar-refractivity contribution >= 4 is 35.1 Å². The van der Waals surface area contributed by atoms with Gasteiger partial charge >= 0.3 is 5.97 Å². The van der Waals surface area contributed by atoms with E-state index in [9.17, 15) is 9.59 Å². The molecule has 0 N–H and O–H groups in total. The van der Waals surface area contributed by atoms with Gasteiger partial charge in [-0.3, -0.25) is 9.59 Å². The maximum absolute atomic E-state index is 13.3. The zero-order chi connectivity index (χ0) is 21.8. The summed E-state index contributed by atoms with van der Waals surface area (Å²) in [7, 11) is 1.30. The van der Waals surface area contributed by atoms with Crippen molar-refractivity contribution in [2.24, 2.45) is 5.92 Å². The molecule has 0 aromatic heterocycles. The normalized spacial score (nSPS) is 21.7. The van der Waals surface area contributed by atoms with Crippen molar-refractivity contribution in [3.05, 3.63) is 69.7 Å². The van der Waals surface area contributed by atoms with Crippen LogP contribution in [-0.2, 0) is 19.1 Å². The molecule has 3 rings (SSSR count). The molecule has 0 spiro atoms. The minimum absolute atomic E-state index is 0.145. The molecule has 0 unspecified atom stereocenters. The number of esters is 1. The number of carbonyl (C=O) groups is 2. The van der Waals surface area contributed by atoms with Gasteiger partial charge in [0.15, 0.2) is 0 Å². The second-order valence-corrected chi connectivity index (χ2v) is 8.63. The van der Waals surface area contributed by atoms with Crippen molar-refractivity contribution in [3.63, 3.8) is 0 Å². The summed E-state index contributed by atoms with van der Waals surface area (Å²) in [4.78, 5) is 27.1. The summed E-state index contributed by atoms with van der Waals surface area (Å²) in [5, 5.41) is 1.18. The summed E-state index contributed by atoms with van der Waals surface area (Å²) in [6.07, 6.45) is -1.58. The Morgan fingerprint density at radius 1 is 1.10 bits per heavy atom. The second-order valence-electron chi connectivity index (χ2n) is 7.76. The zero-order valence-corrected chi connectivity index (χ0v) is 18.7. The Balaban J connectivity index is 2.10. The molecule has 0 radical (unpaired) electrons. The molecule has 1 aliphatic rings. The van der Waals surface area contributed by atoms with Gasteiger partial charge in [-0.15, -0.1) is 0 Å². The number of nitrogens with zero attached hydrogens (tertiary/aromatic N) is 1. The van der Waals surface area contributed by atoms with Crippen LogP contribution in [0, 0.1) is 5.92 Å². The average Bonchev–Trinajstić information content (AvgIpc) is 2.71. The lowest BCUT2D eigenvalue weighted by atomic mass is 9.90. The maximum Gasteiger partial charge on any atom is 0.308 e. The second kappa shape index (κ2) is 9.82. The van der Waals surface area contributed by atoms with Crippen molar-refractivity contribution < 1.29 is 19.1 Å². The van der Waals surface area contributed by atoms with E-state index in [2.05, 4.69) is 0 Å². The number of hydrogen-bond acceptors (Lipinski definition) is 4. The van der Waals surface area contributed by atoms with Crippen molar-refractivity contribution in [1.29, 1.82) is 0 Å². The van der Waals surface area contributed by atoms with Gasteiger partial charge in [0.25, 0.3) is 5.91 Å². The largest absolute Gasteiger partial charge is 0.469 e. The van der Waals surface area contributed by atoms with E-state index in [4.69, 9.17) is 32.7 Å². The standard InChI is InChI=1S/C23H25Cl2NO4/c1-14(2)13-26-21(15-7-9-17(24)10-8-15)22(16-5-4-6-18(25)11-16)30-19(23(26)28)12-20(27)29-3/h4-11,14,19,21-22H,12-13H2,1-3H3/t19-,21-,22-/m1/s1. The van der Waals surface area contributed by atoms with E-state index in [0.29, 0.717) is 16.6 Å². The van der Waals surface area contributed by atoms with Gasteiger partial charge in [-0.1, -0.05) is 61.3 Å². The lowest BCUT2D eigenvalue weighted by Gasteiger charge is -2.45. The SMILES string of the molecule is COC(=O)C[C@H]1O[C@H](c2cccc(Cl)c2)[C@@H](c2ccc(Cl)cc2)N(CC(C)C)C1=O. The van der Waals surface area contributed by atoms with Gasteiger partial charge in [-0.05, 0) is 41.3 Å². The quantitative estimate of drug-likeness (QED) is 0.567. The van der Waals surface area contributed by atoms with Crippen LogP contribution >= 0.6 is 23.2 Å². The van der Waals surface area contributed by atoms with Gasteiger partial charge in [0.1, 0.15) is 12.2 Å². The van der Waals surface area contributed by atoms with Crippen LogP contribution in [0.2, 0.25) is 10.0 Å². The number of morpholine rings is 1. The predicted octanol–water partition coefficient (Wildman–Crippen LogP) is 5.22. The van der Waals surface area contributed by atoms with Gasteiger partial charge in [0, 0.05) is 16.6 Å². The molecular formula is C23H25Cl2NO4. The minimum Gasteiger partial charge on any atom is -0.469 e. The van der Waals surface area contributed by atoms with Crippen molar-refractivity contribution in [2.75, 3.05) is 13.7 Å². The fourth-order valence-corrected chi connectivity index (χ4v) is 4.05. The highest BCUT2D eigenvalue weighted by molar-refractivity contribution is 6.30. The number of ether oxygens (including phenoxy) is 2. The van der Waals surface area contributed by atoms with Crippen LogP contribution in [0.15, 0.2) is 48.5 Å². The number of halogens is 2. The fourth-order valence-electron chi connectivity index (χ4n) is 3.72. The molecule has 1 amide bonds. The van der Waals surface area contributed by atoms with Gasteiger partial charge in [0.2, 0.25) is 0 Å². The van der Waals surface area contributed by atoms with Crippen molar-refractivity contribution in [1.82, 2.24) is 4.90 Å². The molecule has 30 heavy (non-hydrogen) atoms. The molecule has 1 saturated heterocycles. The molecule has 7 heteroatoms. The molecule has 5 nitrogen and oxygen atoms in total. The van der Waals surface area contributed by atoms with Crippen LogP contribution < -0.4 is 0 Å². The van der Waals surface area contributed by atoms with E-state index in [1.807, 2.05) is 44.2 Å². The zero-order valence-electron chi connectivity index (χ0n) is 17.2. The van der Waals surface area contributed by atoms with Crippen LogP contribution in [0.3, 0.4) is 0 Å². The fraction of sp³-hybridized carbons (Fsp3) is 0.391. The van der Waals surface area contributed by atoms with Crippen LogP contribution in [0.1, 0.15) is 43.5 Å². The molecule has 1 fully saturated rings. The predicted molar refractivity (Wildman–Crippen MR) is 116 cm³/mol. The summed E-state index contributed by atoms with van der Waals surface area (Å²) in [6.45, 7) is 4.61. The highest BCUT2D eigenvalue weighted by Crippen LogP contribution is 2.43. The summed E-state index contributed by atoms with van der Waals surface area (Å²) in [5.41, 5.74) is 1.73. The Hall–Kier alpha value is -2.08. The number of amides is 1. The van der Waals surface area contributed by atoms with Gasteiger partial charge in [-0.2, -0.15) is 0 Å². The summed E-state index contributed by atoms with van der Waals surface area (Å²) in [6, 6.07) is 14.4. The maximum atomic E-state index is 13.3. The van der Waals surface area contributed by atoms with Crippen LogP contribution in [0.4, 0.5) is 0 Å². The van der Waals surface area contributed by atoms with Crippen molar-refractivity contribution in [3.8, 4) is 0 Å². The number of hydrogen-bond donors (Lipinski definition) is 0. The third kappa shape index (κ3) is 5.15. The van der Waals surface area contributed by atoms with E-state index < -0.39 is 18.2 Å². The molecule has 0 bridgehead atoms. The third-order valence-electron chi connectivity index (χ3n) is 5.02. The number of rotatable bonds is 6.